The standard InChI is InChI=1S/C20H22N2O2/c1-14-19(17-6-4-5-7-18(17)22(14)2)20(23)21-13-12-15-8-10-16(24-3)11-9-15/h4-11H,12-13H2,1-3H3,(H,21,23). The molecule has 0 saturated carbocycles. The van der Waals surface area contributed by atoms with Crippen molar-refractivity contribution in [2.75, 3.05) is 13.7 Å². The zero-order valence-electron chi connectivity index (χ0n) is 14.3. The van der Waals surface area contributed by atoms with Crippen molar-refractivity contribution in [3.63, 3.8) is 0 Å². The molecular formula is C20H22N2O2. The van der Waals surface area contributed by atoms with Gasteiger partial charge < -0.3 is 14.6 Å². The monoisotopic (exact) mass is 322 g/mol. The number of para-hydroxylation sites is 1. The number of carbonyl (C=O) groups excluding carboxylic acids is 1. The number of hydrogen-bond donors (Lipinski definition) is 1. The summed E-state index contributed by atoms with van der Waals surface area (Å²) in [6.45, 7) is 2.59. The first-order valence-electron chi connectivity index (χ1n) is 8.07. The molecule has 0 atom stereocenters. The molecule has 0 aliphatic carbocycles. The van der Waals surface area contributed by atoms with E-state index in [1.165, 1.54) is 5.56 Å². The summed E-state index contributed by atoms with van der Waals surface area (Å²) < 4.78 is 7.22. The molecule has 3 aromatic rings. The molecule has 3 rings (SSSR count). The van der Waals surface area contributed by atoms with E-state index in [-0.39, 0.29) is 5.91 Å². The zero-order chi connectivity index (χ0) is 17.1. The zero-order valence-corrected chi connectivity index (χ0v) is 14.3. The van der Waals surface area contributed by atoms with Gasteiger partial charge in [0.1, 0.15) is 5.75 Å². The topological polar surface area (TPSA) is 43.3 Å². The van der Waals surface area contributed by atoms with Gasteiger partial charge in [-0.15, -0.1) is 0 Å². The number of ether oxygens (including phenoxy) is 1. The van der Waals surface area contributed by atoms with Crippen LogP contribution in [0, 0.1) is 6.92 Å². The highest BCUT2D eigenvalue weighted by Gasteiger charge is 2.17. The van der Waals surface area contributed by atoms with Crippen LogP contribution < -0.4 is 10.1 Å². The number of benzene rings is 2. The van der Waals surface area contributed by atoms with Crippen LogP contribution in [0.15, 0.2) is 48.5 Å². The lowest BCUT2D eigenvalue weighted by Crippen LogP contribution is -2.26. The van der Waals surface area contributed by atoms with E-state index in [1.54, 1.807) is 7.11 Å². The largest absolute Gasteiger partial charge is 0.497 e. The third-order valence-electron chi connectivity index (χ3n) is 4.49. The summed E-state index contributed by atoms with van der Waals surface area (Å²) in [4.78, 5) is 12.6. The predicted octanol–water partition coefficient (Wildman–Crippen LogP) is 3.47. The molecule has 0 radical (unpaired) electrons. The summed E-state index contributed by atoms with van der Waals surface area (Å²) in [5, 5.41) is 4.04. The minimum atomic E-state index is -0.0159. The van der Waals surface area contributed by atoms with Gasteiger partial charge in [-0.1, -0.05) is 30.3 Å². The third-order valence-corrected chi connectivity index (χ3v) is 4.49. The van der Waals surface area contributed by atoms with Gasteiger partial charge >= 0.3 is 0 Å². The molecule has 4 nitrogen and oxygen atoms in total. The Kier molecular flexibility index (Phi) is 4.56. The molecule has 1 heterocycles. The quantitative estimate of drug-likeness (QED) is 0.781. The van der Waals surface area contributed by atoms with Crippen LogP contribution in [0.5, 0.6) is 5.75 Å². The van der Waals surface area contributed by atoms with E-state index < -0.39 is 0 Å². The van der Waals surface area contributed by atoms with Crippen LogP contribution in [0.1, 0.15) is 21.6 Å². The average Bonchev–Trinajstić information content (AvgIpc) is 2.87. The SMILES string of the molecule is COc1ccc(CCNC(=O)c2c(C)n(C)c3ccccc23)cc1. The molecule has 124 valence electrons. The van der Waals surface area contributed by atoms with E-state index >= 15 is 0 Å². The highest BCUT2D eigenvalue weighted by atomic mass is 16.5. The highest BCUT2D eigenvalue weighted by Crippen LogP contribution is 2.24. The fourth-order valence-electron chi connectivity index (χ4n) is 3.01. The number of amides is 1. The Morgan fingerprint density at radius 2 is 1.83 bits per heavy atom. The number of methoxy groups -OCH3 is 1. The molecule has 0 spiro atoms. The molecule has 0 fully saturated rings. The number of nitrogens with one attached hydrogen (secondary N) is 1. The van der Waals surface area contributed by atoms with Gasteiger partial charge in [0.25, 0.3) is 5.91 Å². The second kappa shape index (κ2) is 6.79. The van der Waals surface area contributed by atoms with Gasteiger partial charge in [0.2, 0.25) is 0 Å². The lowest BCUT2D eigenvalue weighted by molar-refractivity contribution is 0.0955. The molecule has 1 amide bonds. The summed E-state index contributed by atoms with van der Waals surface area (Å²) in [6, 6.07) is 15.9. The first-order chi connectivity index (χ1) is 11.6. The normalized spacial score (nSPS) is 10.8. The number of rotatable bonds is 5. The van der Waals surface area contributed by atoms with Crippen LogP contribution in [0.25, 0.3) is 10.9 Å². The number of aryl methyl sites for hydroxylation is 1. The summed E-state index contributed by atoms with van der Waals surface area (Å²) in [7, 11) is 3.65. The molecule has 0 aliphatic heterocycles. The minimum Gasteiger partial charge on any atom is -0.497 e. The van der Waals surface area contributed by atoms with Gasteiger partial charge in [-0.05, 0) is 37.1 Å². The predicted molar refractivity (Wildman–Crippen MR) is 96.7 cm³/mol. The number of aromatic nitrogens is 1. The third kappa shape index (κ3) is 3.00. The molecule has 1 aromatic heterocycles. The first-order valence-corrected chi connectivity index (χ1v) is 8.07. The van der Waals surface area contributed by atoms with Gasteiger partial charge in [0.05, 0.1) is 12.7 Å². The molecule has 1 N–H and O–H groups in total. The van der Waals surface area contributed by atoms with Crippen LogP contribution >= 0.6 is 0 Å². The van der Waals surface area contributed by atoms with Crippen LogP contribution in [-0.4, -0.2) is 24.1 Å². The second-order valence-corrected chi connectivity index (χ2v) is 5.89. The van der Waals surface area contributed by atoms with E-state index in [1.807, 2.05) is 62.5 Å². The lowest BCUT2D eigenvalue weighted by atomic mass is 10.1. The van der Waals surface area contributed by atoms with Gasteiger partial charge in [0, 0.05) is 30.2 Å². The Morgan fingerprint density at radius 3 is 2.54 bits per heavy atom. The van der Waals surface area contributed by atoms with Gasteiger partial charge in [-0.3, -0.25) is 4.79 Å². The van der Waals surface area contributed by atoms with Gasteiger partial charge in [-0.25, -0.2) is 0 Å². The van der Waals surface area contributed by atoms with Crippen LogP contribution in [0.3, 0.4) is 0 Å². The second-order valence-electron chi connectivity index (χ2n) is 5.89. The average molecular weight is 322 g/mol. The van der Waals surface area contributed by atoms with E-state index in [4.69, 9.17) is 4.74 Å². The highest BCUT2D eigenvalue weighted by molar-refractivity contribution is 6.08. The Hall–Kier alpha value is -2.75. The number of carbonyl (C=O) groups is 1. The fourth-order valence-corrected chi connectivity index (χ4v) is 3.01. The number of fused-ring (bicyclic) bond motifs is 1. The van der Waals surface area contributed by atoms with Crippen molar-refractivity contribution in [2.24, 2.45) is 7.05 Å². The van der Waals surface area contributed by atoms with E-state index in [0.717, 1.165) is 34.3 Å². The van der Waals surface area contributed by atoms with Crippen LogP contribution in [-0.2, 0) is 13.5 Å². The maximum atomic E-state index is 12.6. The van der Waals surface area contributed by atoms with Crippen molar-refractivity contribution in [3.05, 3.63) is 65.4 Å². The van der Waals surface area contributed by atoms with Gasteiger partial charge in [0.15, 0.2) is 0 Å². The van der Waals surface area contributed by atoms with Crippen LogP contribution in [0.4, 0.5) is 0 Å². The van der Waals surface area contributed by atoms with Crippen molar-refractivity contribution in [3.8, 4) is 5.75 Å². The molecular weight excluding hydrogens is 300 g/mol. The molecule has 0 aliphatic rings. The van der Waals surface area contributed by atoms with Crippen LogP contribution in [0.2, 0.25) is 0 Å². The number of nitrogens with zero attached hydrogens (tertiary/aromatic N) is 1. The minimum absolute atomic E-state index is 0.0159. The van der Waals surface area contributed by atoms with Gasteiger partial charge in [-0.2, -0.15) is 0 Å². The Bertz CT molecular complexity index is 863. The molecule has 0 saturated heterocycles. The molecule has 24 heavy (non-hydrogen) atoms. The Labute approximate surface area is 142 Å². The Balaban J connectivity index is 1.70. The van der Waals surface area contributed by atoms with Crippen molar-refractivity contribution in [1.29, 1.82) is 0 Å². The first kappa shape index (κ1) is 16.1. The number of hydrogen-bond acceptors (Lipinski definition) is 2. The smallest absolute Gasteiger partial charge is 0.253 e. The fraction of sp³-hybridized carbons (Fsp3) is 0.250. The summed E-state index contributed by atoms with van der Waals surface area (Å²) in [5.74, 6) is 0.826. The summed E-state index contributed by atoms with van der Waals surface area (Å²) >= 11 is 0. The van der Waals surface area contributed by atoms with Crippen molar-refractivity contribution in [2.45, 2.75) is 13.3 Å². The lowest BCUT2D eigenvalue weighted by Gasteiger charge is -2.07. The summed E-state index contributed by atoms with van der Waals surface area (Å²) in [6.07, 6.45) is 0.791. The maximum Gasteiger partial charge on any atom is 0.253 e. The van der Waals surface area contributed by atoms with E-state index in [9.17, 15) is 4.79 Å². The molecule has 0 unspecified atom stereocenters. The van der Waals surface area contributed by atoms with Crippen molar-refractivity contribution < 1.29 is 9.53 Å². The van der Waals surface area contributed by atoms with E-state index in [0.29, 0.717) is 6.54 Å². The maximum absolute atomic E-state index is 12.6. The van der Waals surface area contributed by atoms with Crippen molar-refractivity contribution in [1.82, 2.24) is 9.88 Å². The molecule has 4 heteroatoms. The molecule has 2 aromatic carbocycles. The van der Waals surface area contributed by atoms with Crippen molar-refractivity contribution >= 4 is 16.8 Å². The summed E-state index contributed by atoms with van der Waals surface area (Å²) in [5.41, 5.74) is 4.00. The Morgan fingerprint density at radius 1 is 1.12 bits per heavy atom. The molecule has 0 bridgehead atoms. The van der Waals surface area contributed by atoms with E-state index in [2.05, 4.69) is 9.88 Å².